The zero-order valence-corrected chi connectivity index (χ0v) is 11.5. The average Bonchev–Trinajstić information content (AvgIpc) is 2.40. The highest BCUT2D eigenvalue weighted by Gasteiger charge is 2.15. The highest BCUT2D eigenvalue weighted by molar-refractivity contribution is 7.84. The molecule has 1 N–H and O–H groups in total. The molecular weight excluding hydrogens is 264 g/mol. The molecule has 0 unspecified atom stereocenters. The Balaban J connectivity index is 3.02. The third-order valence-corrected chi connectivity index (χ3v) is 2.52. The lowest BCUT2D eigenvalue weighted by Crippen LogP contribution is -2.11. The van der Waals surface area contributed by atoms with Crippen LogP contribution in [0.15, 0.2) is 34.9 Å². The highest BCUT2D eigenvalue weighted by atomic mass is 32.1. The minimum atomic E-state index is -0.711. The first-order valence-electron chi connectivity index (χ1n) is 5.54. The first-order valence-corrected chi connectivity index (χ1v) is 5.99. The number of ether oxygens (including phenoxy) is 2. The number of thiol groups is 1. The van der Waals surface area contributed by atoms with Crippen molar-refractivity contribution in [3.05, 3.63) is 34.9 Å². The number of benzene rings is 1. The van der Waals surface area contributed by atoms with Gasteiger partial charge in [-0.1, -0.05) is 12.1 Å². The van der Waals surface area contributed by atoms with Crippen LogP contribution in [-0.4, -0.2) is 19.7 Å². The van der Waals surface area contributed by atoms with E-state index in [1.165, 1.54) is 7.11 Å². The molecule has 1 aromatic rings. The molecule has 19 heavy (non-hydrogen) atoms. The molecule has 0 radical (unpaired) electrons. The monoisotopic (exact) mass is 278 g/mol. The second kappa shape index (κ2) is 7.34. The molecule has 0 aliphatic heterocycles. The fourth-order valence-corrected chi connectivity index (χ4v) is 1.60. The van der Waals surface area contributed by atoms with Crippen LogP contribution in [-0.2, 0) is 9.53 Å². The quantitative estimate of drug-likeness (QED) is 0.374. The van der Waals surface area contributed by atoms with E-state index in [4.69, 9.17) is 14.7 Å². The van der Waals surface area contributed by atoms with E-state index in [2.05, 4.69) is 17.9 Å². The number of anilines is 1. The van der Waals surface area contributed by atoms with Crippen LogP contribution in [0.1, 0.15) is 6.92 Å². The van der Waals surface area contributed by atoms with Gasteiger partial charge in [0.2, 0.25) is 0 Å². The summed E-state index contributed by atoms with van der Waals surface area (Å²) in [5.41, 5.74) is 0.420. The molecule has 0 bridgehead atoms. The Labute approximate surface area is 117 Å². The van der Waals surface area contributed by atoms with Gasteiger partial charge in [0.05, 0.1) is 24.4 Å². The van der Waals surface area contributed by atoms with E-state index in [9.17, 15) is 4.79 Å². The number of esters is 1. The number of nitrogens with one attached hydrogen (secondary N) is 1. The largest absolute Gasteiger partial charge is 0.495 e. The zero-order chi connectivity index (χ0) is 14.3. The third kappa shape index (κ3) is 3.93. The number of carbonyl (C=O) groups excluding carboxylic acids is 1. The molecule has 100 valence electrons. The molecule has 5 nitrogen and oxygen atoms in total. The van der Waals surface area contributed by atoms with Crippen molar-refractivity contribution < 1.29 is 14.3 Å². The van der Waals surface area contributed by atoms with Gasteiger partial charge in [0, 0.05) is 0 Å². The number of nitriles is 1. The zero-order valence-electron chi connectivity index (χ0n) is 10.6. The molecule has 0 saturated carbocycles. The Morgan fingerprint density at radius 3 is 2.74 bits per heavy atom. The third-order valence-electron chi connectivity index (χ3n) is 2.19. The van der Waals surface area contributed by atoms with E-state index in [0.29, 0.717) is 11.4 Å². The van der Waals surface area contributed by atoms with Gasteiger partial charge in [-0.15, -0.1) is 12.6 Å². The number of hydrogen-bond donors (Lipinski definition) is 2. The Kier molecular flexibility index (Phi) is 5.76. The normalized spacial score (nSPS) is 11.1. The average molecular weight is 278 g/mol. The van der Waals surface area contributed by atoms with Crippen molar-refractivity contribution in [3.8, 4) is 11.8 Å². The lowest BCUT2D eigenvalue weighted by molar-refractivity contribution is -0.138. The molecule has 0 amide bonds. The highest BCUT2D eigenvalue weighted by Crippen LogP contribution is 2.26. The van der Waals surface area contributed by atoms with Crippen LogP contribution < -0.4 is 10.1 Å². The lowest BCUT2D eigenvalue weighted by Gasteiger charge is -2.11. The summed E-state index contributed by atoms with van der Waals surface area (Å²) >= 11 is 4.12. The molecule has 1 rings (SSSR count). The van der Waals surface area contributed by atoms with Gasteiger partial charge in [-0.2, -0.15) is 5.26 Å². The Hall–Kier alpha value is -2.13. The van der Waals surface area contributed by atoms with E-state index in [1.807, 2.05) is 6.07 Å². The van der Waals surface area contributed by atoms with E-state index in [0.717, 1.165) is 0 Å². The van der Waals surface area contributed by atoms with Gasteiger partial charge in [0.15, 0.2) is 5.57 Å². The first kappa shape index (κ1) is 14.9. The summed E-state index contributed by atoms with van der Waals surface area (Å²) in [6.07, 6.45) is 0. The molecule has 0 atom stereocenters. The van der Waals surface area contributed by atoms with Gasteiger partial charge in [-0.05, 0) is 19.1 Å². The van der Waals surface area contributed by atoms with Crippen LogP contribution in [0.5, 0.6) is 5.75 Å². The van der Waals surface area contributed by atoms with E-state index >= 15 is 0 Å². The second-order valence-corrected chi connectivity index (χ2v) is 3.83. The first-order chi connectivity index (χ1) is 9.13. The summed E-state index contributed by atoms with van der Waals surface area (Å²) in [6.45, 7) is 1.86. The van der Waals surface area contributed by atoms with Gasteiger partial charge < -0.3 is 14.8 Å². The fourth-order valence-electron chi connectivity index (χ4n) is 1.34. The van der Waals surface area contributed by atoms with Crippen molar-refractivity contribution >= 4 is 24.3 Å². The van der Waals surface area contributed by atoms with Crippen molar-refractivity contribution in [2.45, 2.75) is 6.92 Å². The molecule has 1 aromatic carbocycles. The molecule has 6 heteroatoms. The van der Waals surface area contributed by atoms with Crippen molar-refractivity contribution in [2.75, 3.05) is 19.0 Å². The van der Waals surface area contributed by atoms with Gasteiger partial charge in [0.25, 0.3) is 0 Å². The standard InChI is InChI=1S/C13H14N2O3S/c1-3-18-13(16)9(8-14)12(19)15-10-6-4-5-7-11(10)17-2/h4-7,15,19H,3H2,1-2H3/b12-9-. The molecule has 0 saturated heterocycles. The Morgan fingerprint density at radius 2 is 2.16 bits per heavy atom. The molecule has 0 aromatic heterocycles. The minimum absolute atomic E-state index is 0.116. The summed E-state index contributed by atoms with van der Waals surface area (Å²) in [5, 5.41) is 11.9. The van der Waals surface area contributed by atoms with Crippen LogP contribution >= 0.6 is 12.6 Å². The van der Waals surface area contributed by atoms with E-state index in [-0.39, 0.29) is 17.2 Å². The summed E-state index contributed by atoms with van der Waals surface area (Å²) in [6, 6.07) is 8.87. The Bertz CT molecular complexity index is 535. The number of nitrogens with zero attached hydrogens (tertiary/aromatic N) is 1. The molecular formula is C13H14N2O3S. The predicted octanol–water partition coefficient (Wildman–Crippen LogP) is 2.34. The van der Waals surface area contributed by atoms with Crippen LogP contribution in [0.2, 0.25) is 0 Å². The maximum atomic E-state index is 11.5. The topological polar surface area (TPSA) is 71.4 Å². The second-order valence-electron chi connectivity index (χ2n) is 3.38. The summed E-state index contributed by atoms with van der Waals surface area (Å²) in [4.78, 5) is 11.5. The maximum absolute atomic E-state index is 11.5. The SMILES string of the molecule is CCOC(=O)/C(C#N)=C(\S)Nc1ccccc1OC. The van der Waals surface area contributed by atoms with Gasteiger partial charge in [-0.3, -0.25) is 0 Å². The van der Waals surface area contributed by atoms with Crippen LogP contribution in [0, 0.1) is 11.3 Å². The van der Waals surface area contributed by atoms with Crippen molar-refractivity contribution in [3.63, 3.8) is 0 Å². The summed E-state index contributed by atoms with van der Waals surface area (Å²) in [7, 11) is 1.53. The smallest absolute Gasteiger partial charge is 0.351 e. The Morgan fingerprint density at radius 1 is 1.47 bits per heavy atom. The number of methoxy groups -OCH3 is 1. The number of hydrogen-bond acceptors (Lipinski definition) is 6. The molecule has 0 aliphatic carbocycles. The maximum Gasteiger partial charge on any atom is 0.351 e. The van der Waals surface area contributed by atoms with Crippen molar-refractivity contribution in [2.24, 2.45) is 0 Å². The number of carbonyl (C=O) groups is 1. The van der Waals surface area contributed by atoms with Gasteiger partial charge in [0.1, 0.15) is 11.8 Å². The number of rotatable bonds is 5. The molecule has 0 fully saturated rings. The van der Waals surface area contributed by atoms with Crippen molar-refractivity contribution in [1.29, 1.82) is 5.26 Å². The molecule has 0 spiro atoms. The summed E-state index contributed by atoms with van der Waals surface area (Å²) < 4.78 is 9.92. The number of para-hydroxylation sites is 2. The minimum Gasteiger partial charge on any atom is -0.495 e. The van der Waals surface area contributed by atoms with Crippen LogP contribution in [0.25, 0.3) is 0 Å². The van der Waals surface area contributed by atoms with Crippen LogP contribution in [0.4, 0.5) is 5.69 Å². The van der Waals surface area contributed by atoms with Crippen molar-refractivity contribution in [1.82, 2.24) is 0 Å². The lowest BCUT2D eigenvalue weighted by atomic mass is 10.2. The van der Waals surface area contributed by atoms with Gasteiger partial charge in [-0.25, -0.2) is 4.79 Å². The molecule has 0 aliphatic rings. The fraction of sp³-hybridized carbons (Fsp3) is 0.231. The van der Waals surface area contributed by atoms with E-state index in [1.54, 1.807) is 31.2 Å². The molecule has 0 heterocycles. The van der Waals surface area contributed by atoms with E-state index < -0.39 is 5.97 Å². The van der Waals surface area contributed by atoms with Crippen LogP contribution in [0.3, 0.4) is 0 Å². The predicted molar refractivity (Wildman–Crippen MR) is 74.9 cm³/mol. The van der Waals surface area contributed by atoms with Gasteiger partial charge >= 0.3 is 5.97 Å². The summed E-state index contributed by atoms with van der Waals surface area (Å²) in [5.74, 6) is -0.132.